The van der Waals surface area contributed by atoms with E-state index in [1.165, 1.54) is 5.56 Å². The van der Waals surface area contributed by atoms with Gasteiger partial charge >= 0.3 is 5.97 Å². The second-order valence-corrected chi connectivity index (χ2v) is 5.04. The van der Waals surface area contributed by atoms with Crippen molar-refractivity contribution in [2.75, 3.05) is 19.7 Å². The summed E-state index contributed by atoms with van der Waals surface area (Å²) in [5, 5.41) is 0. The van der Waals surface area contributed by atoms with Crippen molar-refractivity contribution >= 4 is 5.97 Å². The van der Waals surface area contributed by atoms with Gasteiger partial charge in [-0.2, -0.15) is 0 Å². The van der Waals surface area contributed by atoms with Crippen LogP contribution >= 0.6 is 0 Å². The van der Waals surface area contributed by atoms with E-state index < -0.39 is 0 Å². The summed E-state index contributed by atoms with van der Waals surface area (Å²) < 4.78 is 5.14. The Morgan fingerprint density at radius 1 is 1.37 bits per heavy atom. The highest BCUT2D eigenvalue weighted by Gasteiger charge is 2.31. The molecule has 0 N–H and O–H groups in total. The summed E-state index contributed by atoms with van der Waals surface area (Å²) in [6, 6.07) is 10.5. The number of esters is 1. The average Bonchev–Trinajstić information content (AvgIpc) is 2.89. The van der Waals surface area contributed by atoms with Gasteiger partial charge in [0, 0.05) is 0 Å². The molecule has 1 unspecified atom stereocenters. The minimum absolute atomic E-state index is 0.00396. The highest BCUT2D eigenvalue weighted by molar-refractivity contribution is 5.76. The van der Waals surface area contributed by atoms with Gasteiger partial charge in [-0.3, -0.25) is 9.69 Å². The molecule has 0 radical (unpaired) electrons. The first-order valence-corrected chi connectivity index (χ1v) is 7.26. The zero-order valence-electron chi connectivity index (χ0n) is 11.7. The third kappa shape index (κ3) is 4.06. The maximum atomic E-state index is 11.8. The molecule has 0 aromatic heterocycles. The number of rotatable bonds is 6. The predicted octanol–water partition coefficient (Wildman–Crippen LogP) is 2.65. The van der Waals surface area contributed by atoms with E-state index >= 15 is 0 Å². The average molecular weight is 261 g/mol. The molecule has 1 fully saturated rings. The Morgan fingerprint density at radius 3 is 2.89 bits per heavy atom. The number of nitrogens with zero attached hydrogens (tertiary/aromatic N) is 1. The van der Waals surface area contributed by atoms with Crippen molar-refractivity contribution in [3.8, 4) is 0 Å². The molecule has 3 nitrogen and oxygen atoms in total. The summed E-state index contributed by atoms with van der Waals surface area (Å²) in [6.45, 7) is 4.36. The Hall–Kier alpha value is -1.35. The van der Waals surface area contributed by atoms with Gasteiger partial charge in [0.1, 0.15) is 6.04 Å². The molecule has 19 heavy (non-hydrogen) atoms. The Balaban J connectivity index is 1.77. The largest absolute Gasteiger partial charge is 0.465 e. The van der Waals surface area contributed by atoms with Gasteiger partial charge in [-0.15, -0.1) is 0 Å². The van der Waals surface area contributed by atoms with Crippen molar-refractivity contribution in [2.45, 2.75) is 38.6 Å². The minimum atomic E-state index is -0.0419. The highest BCUT2D eigenvalue weighted by atomic mass is 16.5. The number of aryl methyl sites for hydroxylation is 1. The third-order valence-electron chi connectivity index (χ3n) is 3.68. The minimum Gasteiger partial charge on any atom is -0.465 e. The zero-order valence-corrected chi connectivity index (χ0v) is 11.7. The molecule has 1 aromatic rings. The normalized spacial score (nSPS) is 19.5. The van der Waals surface area contributed by atoms with Gasteiger partial charge in [0.05, 0.1) is 6.61 Å². The fourth-order valence-electron chi connectivity index (χ4n) is 2.73. The predicted molar refractivity (Wildman–Crippen MR) is 76.0 cm³/mol. The molecular weight excluding hydrogens is 238 g/mol. The van der Waals surface area contributed by atoms with Crippen LogP contribution in [0.2, 0.25) is 0 Å². The smallest absolute Gasteiger partial charge is 0.323 e. The topological polar surface area (TPSA) is 29.5 Å². The van der Waals surface area contributed by atoms with Crippen LogP contribution in [0.3, 0.4) is 0 Å². The summed E-state index contributed by atoms with van der Waals surface area (Å²) in [5.41, 5.74) is 1.37. The third-order valence-corrected chi connectivity index (χ3v) is 3.68. The number of hydrogen-bond acceptors (Lipinski definition) is 3. The van der Waals surface area contributed by atoms with Gasteiger partial charge < -0.3 is 4.74 Å². The van der Waals surface area contributed by atoms with E-state index in [0.29, 0.717) is 6.61 Å². The number of benzene rings is 1. The van der Waals surface area contributed by atoms with Crippen LogP contribution in [0.5, 0.6) is 0 Å². The molecule has 0 spiro atoms. The monoisotopic (exact) mass is 261 g/mol. The maximum absolute atomic E-state index is 11.8. The van der Waals surface area contributed by atoms with Crippen molar-refractivity contribution in [1.29, 1.82) is 0 Å². The van der Waals surface area contributed by atoms with Gasteiger partial charge in [-0.05, 0) is 51.3 Å². The van der Waals surface area contributed by atoms with Crippen LogP contribution in [0.25, 0.3) is 0 Å². The van der Waals surface area contributed by atoms with Gasteiger partial charge in [0.15, 0.2) is 0 Å². The number of likely N-dealkylation sites (tertiary alicyclic amines) is 1. The number of carbonyl (C=O) groups is 1. The lowest BCUT2D eigenvalue weighted by Gasteiger charge is -2.22. The molecule has 1 saturated heterocycles. The van der Waals surface area contributed by atoms with Crippen LogP contribution in [0.4, 0.5) is 0 Å². The summed E-state index contributed by atoms with van der Waals surface area (Å²) in [5.74, 6) is -0.0419. The van der Waals surface area contributed by atoms with Crippen LogP contribution in [-0.4, -0.2) is 36.6 Å². The molecule has 2 rings (SSSR count). The fourth-order valence-corrected chi connectivity index (χ4v) is 2.73. The standard InChI is InChI=1S/C16H23NO2/c1-2-19-16(18)15-11-7-13-17(15)12-6-10-14-8-4-3-5-9-14/h3-5,8-9,15H,2,6-7,10-13H2,1H3. The zero-order chi connectivity index (χ0) is 13.5. The molecule has 3 heteroatoms. The van der Waals surface area contributed by atoms with Crippen molar-refractivity contribution in [3.63, 3.8) is 0 Å². The Labute approximate surface area is 115 Å². The number of ether oxygens (including phenoxy) is 1. The molecule has 0 bridgehead atoms. The lowest BCUT2D eigenvalue weighted by atomic mass is 10.1. The lowest BCUT2D eigenvalue weighted by molar-refractivity contribution is -0.148. The molecule has 0 aliphatic carbocycles. The molecule has 1 heterocycles. The van der Waals surface area contributed by atoms with Crippen LogP contribution in [0.1, 0.15) is 31.7 Å². The first-order valence-electron chi connectivity index (χ1n) is 7.26. The summed E-state index contributed by atoms with van der Waals surface area (Å²) in [6.07, 6.45) is 4.23. The molecule has 1 aliphatic heterocycles. The van der Waals surface area contributed by atoms with E-state index in [1.54, 1.807) is 0 Å². The SMILES string of the molecule is CCOC(=O)C1CCCN1CCCc1ccccc1. The van der Waals surface area contributed by atoms with Crippen molar-refractivity contribution in [1.82, 2.24) is 4.90 Å². The Morgan fingerprint density at radius 2 is 2.16 bits per heavy atom. The maximum Gasteiger partial charge on any atom is 0.323 e. The molecule has 0 amide bonds. The van der Waals surface area contributed by atoms with Crippen molar-refractivity contribution in [2.24, 2.45) is 0 Å². The first kappa shape index (κ1) is 14.1. The summed E-state index contributed by atoms with van der Waals surface area (Å²) >= 11 is 0. The molecule has 104 valence electrons. The Bertz CT molecular complexity index is 391. The van der Waals surface area contributed by atoms with E-state index in [1.807, 2.05) is 13.0 Å². The highest BCUT2D eigenvalue weighted by Crippen LogP contribution is 2.19. The van der Waals surface area contributed by atoms with Gasteiger partial charge in [0.2, 0.25) is 0 Å². The summed E-state index contributed by atoms with van der Waals surface area (Å²) in [4.78, 5) is 14.1. The second-order valence-electron chi connectivity index (χ2n) is 5.04. The summed E-state index contributed by atoms with van der Waals surface area (Å²) in [7, 11) is 0. The van der Waals surface area contributed by atoms with Gasteiger partial charge in [-0.25, -0.2) is 0 Å². The number of hydrogen-bond donors (Lipinski definition) is 0. The van der Waals surface area contributed by atoms with Gasteiger partial charge in [0.25, 0.3) is 0 Å². The van der Waals surface area contributed by atoms with Crippen LogP contribution in [0.15, 0.2) is 30.3 Å². The number of carbonyl (C=O) groups excluding carboxylic acids is 1. The molecule has 1 atom stereocenters. The molecule has 1 aromatic carbocycles. The molecule has 1 aliphatic rings. The van der Waals surface area contributed by atoms with E-state index in [2.05, 4.69) is 29.2 Å². The van der Waals surface area contributed by atoms with Crippen molar-refractivity contribution in [3.05, 3.63) is 35.9 Å². The van der Waals surface area contributed by atoms with Crippen LogP contribution in [-0.2, 0) is 16.0 Å². The lowest BCUT2D eigenvalue weighted by Crippen LogP contribution is -2.38. The van der Waals surface area contributed by atoms with Gasteiger partial charge in [-0.1, -0.05) is 30.3 Å². The van der Waals surface area contributed by atoms with E-state index in [-0.39, 0.29) is 12.0 Å². The quantitative estimate of drug-likeness (QED) is 0.737. The molecular formula is C16H23NO2. The molecule has 0 saturated carbocycles. The van der Waals surface area contributed by atoms with E-state index in [0.717, 1.165) is 38.8 Å². The Kier molecular flexibility index (Phi) is 5.40. The second kappa shape index (κ2) is 7.29. The van der Waals surface area contributed by atoms with Crippen molar-refractivity contribution < 1.29 is 9.53 Å². The van der Waals surface area contributed by atoms with Crippen LogP contribution < -0.4 is 0 Å². The fraction of sp³-hybridized carbons (Fsp3) is 0.562. The first-order chi connectivity index (χ1) is 9.31. The van der Waals surface area contributed by atoms with E-state index in [9.17, 15) is 4.79 Å². The van der Waals surface area contributed by atoms with Crippen LogP contribution in [0, 0.1) is 0 Å². The van der Waals surface area contributed by atoms with E-state index in [4.69, 9.17) is 4.74 Å².